The molecule has 2 aromatic rings. The Labute approximate surface area is 178 Å². The first-order valence-corrected chi connectivity index (χ1v) is 10.3. The minimum Gasteiger partial charge on any atom is -0.445 e. The molecule has 2 aromatic carbocycles. The lowest BCUT2D eigenvalue weighted by atomic mass is 9.88. The Kier molecular flexibility index (Phi) is 6.98. The van der Waals surface area contributed by atoms with Crippen LogP contribution in [-0.4, -0.2) is 41.8 Å². The average Bonchev–Trinajstić information content (AvgIpc) is 2.72. The van der Waals surface area contributed by atoms with Crippen molar-refractivity contribution in [2.75, 3.05) is 13.1 Å². The highest BCUT2D eigenvalue weighted by molar-refractivity contribution is 5.70. The largest absolute Gasteiger partial charge is 0.445 e. The van der Waals surface area contributed by atoms with Gasteiger partial charge in [0.15, 0.2) is 0 Å². The molecule has 0 radical (unpaired) electrons. The summed E-state index contributed by atoms with van der Waals surface area (Å²) in [7, 11) is 0. The van der Waals surface area contributed by atoms with Crippen LogP contribution in [0.15, 0.2) is 60.7 Å². The fourth-order valence-corrected chi connectivity index (χ4v) is 3.58. The molecule has 0 unspecified atom stereocenters. The van der Waals surface area contributed by atoms with E-state index in [4.69, 9.17) is 9.47 Å². The number of hydrogen-bond acceptors (Lipinski definition) is 4. The molecule has 0 bridgehead atoms. The first-order valence-electron chi connectivity index (χ1n) is 10.3. The van der Waals surface area contributed by atoms with E-state index in [0.29, 0.717) is 13.1 Å². The number of carbonyl (C=O) groups is 2. The maximum absolute atomic E-state index is 12.7. The number of hydrogen-bond donors (Lipinski definition) is 1. The van der Waals surface area contributed by atoms with Crippen molar-refractivity contribution < 1.29 is 19.1 Å². The lowest BCUT2D eigenvalue weighted by Gasteiger charge is -2.38. The molecule has 1 heterocycles. The van der Waals surface area contributed by atoms with Crippen LogP contribution in [0.25, 0.3) is 0 Å². The third-order valence-corrected chi connectivity index (χ3v) is 4.91. The Hall–Kier alpha value is -3.02. The predicted octanol–water partition coefficient (Wildman–Crippen LogP) is 4.71. The van der Waals surface area contributed by atoms with E-state index in [-0.39, 0.29) is 24.7 Å². The molecular weight excluding hydrogens is 380 g/mol. The molecule has 0 aromatic heterocycles. The number of rotatable bonds is 4. The molecule has 2 amide bonds. The highest BCUT2D eigenvalue weighted by Gasteiger charge is 2.34. The fourth-order valence-electron chi connectivity index (χ4n) is 3.58. The van der Waals surface area contributed by atoms with Gasteiger partial charge in [-0.3, -0.25) is 0 Å². The van der Waals surface area contributed by atoms with Gasteiger partial charge in [0.25, 0.3) is 0 Å². The van der Waals surface area contributed by atoms with Crippen molar-refractivity contribution in [3.05, 3.63) is 71.8 Å². The highest BCUT2D eigenvalue weighted by atomic mass is 16.6. The van der Waals surface area contributed by atoms with Gasteiger partial charge in [-0.25, -0.2) is 9.59 Å². The molecule has 1 fully saturated rings. The summed E-state index contributed by atoms with van der Waals surface area (Å²) in [6.07, 6.45) is -0.127. The van der Waals surface area contributed by atoms with Crippen LogP contribution < -0.4 is 5.32 Å². The summed E-state index contributed by atoms with van der Waals surface area (Å²) in [5.74, 6) is 0.104. The molecule has 6 nitrogen and oxygen atoms in total. The monoisotopic (exact) mass is 410 g/mol. The zero-order valence-electron chi connectivity index (χ0n) is 17.8. The smallest absolute Gasteiger partial charge is 0.410 e. The van der Waals surface area contributed by atoms with Crippen LogP contribution in [-0.2, 0) is 16.1 Å². The van der Waals surface area contributed by atoms with Gasteiger partial charge in [0.05, 0.1) is 6.04 Å². The van der Waals surface area contributed by atoms with Crippen molar-refractivity contribution in [1.82, 2.24) is 10.2 Å². The number of carbonyl (C=O) groups excluding carboxylic acids is 2. The normalized spacial score (nSPS) is 19.1. The van der Waals surface area contributed by atoms with Gasteiger partial charge in [0.2, 0.25) is 0 Å². The minimum absolute atomic E-state index is 0.104. The number of ether oxygens (including phenoxy) is 2. The second-order valence-electron chi connectivity index (χ2n) is 8.63. The summed E-state index contributed by atoms with van der Waals surface area (Å²) in [5.41, 5.74) is 1.48. The van der Waals surface area contributed by atoms with Crippen molar-refractivity contribution in [2.24, 2.45) is 0 Å². The topological polar surface area (TPSA) is 67.9 Å². The SMILES string of the molecule is CC(C)(C)OC(=O)N1C[C@@H](NC(=O)OCc2ccccc2)C[C@@H](c2ccccc2)C1. The average molecular weight is 411 g/mol. The first-order chi connectivity index (χ1) is 14.3. The van der Waals surface area contributed by atoms with E-state index < -0.39 is 11.7 Å². The maximum atomic E-state index is 12.7. The predicted molar refractivity (Wildman–Crippen MR) is 115 cm³/mol. The van der Waals surface area contributed by atoms with E-state index >= 15 is 0 Å². The number of benzene rings is 2. The Morgan fingerprint density at radius 3 is 2.27 bits per heavy atom. The number of piperidine rings is 1. The van der Waals surface area contributed by atoms with Gasteiger partial charge in [-0.1, -0.05) is 60.7 Å². The van der Waals surface area contributed by atoms with Crippen LogP contribution in [0.3, 0.4) is 0 Å². The maximum Gasteiger partial charge on any atom is 0.410 e. The van der Waals surface area contributed by atoms with Gasteiger partial charge < -0.3 is 19.7 Å². The molecule has 0 spiro atoms. The molecular formula is C24H30N2O4. The highest BCUT2D eigenvalue weighted by Crippen LogP contribution is 2.28. The molecule has 0 aliphatic carbocycles. The molecule has 6 heteroatoms. The standard InChI is InChI=1S/C24H30N2O4/c1-24(2,3)30-23(28)26-15-20(19-12-8-5-9-13-19)14-21(16-26)25-22(27)29-17-18-10-6-4-7-11-18/h4-13,20-21H,14-17H2,1-3H3,(H,25,27)/t20-,21+/m1/s1. The van der Waals surface area contributed by atoms with E-state index in [1.165, 1.54) is 0 Å². The van der Waals surface area contributed by atoms with E-state index in [1.807, 2.05) is 81.4 Å². The minimum atomic E-state index is -0.575. The zero-order valence-corrected chi connectivity index (χ0v) is 17.8. The summed E-state index contributed by atoms with van der Waals surface area (Å²) < 4.78 is 10.9. The Bertz CT molecular complexity index is 833. The van der Waals surface area contributed by atoms with E-state index in [1.54, 1.807) is 4.90 Å². The van der Waals surface area contributed by atoms with E-state index in [2.05, 4.69) is 5.32 Å². The molecule has 1 aliphatic heterocycles. The van der Waals surface area contributed by atoms with Gasteiger partial charge in [-0.2, -0.15) is 0 Å². The molecule has 0 saturated carbocycles. The van der Waals surface area contributed by atoms with Crippen molar-refractivity contribution in [3.63, 3.8) is 0 Å². The second-order valence-corrected chi connectivity index (χ2v) is 8.63. The summed E-state index contributed by atoms with van der Waals surface area (Å²) in [6.45, 7) is 6.69. The number of nitrogens with one attached hydrogen (secondary N) is 1. The third-order valence-electron chi connectivity index (χ3n) is 4.91. The molecule has 30 heavy (non-hydrogen) atoms. The van der Waals surface area contributed by atoms with Gasteiger partial charge in [-0.05, 0) is 38.3 Å². The van der Waals surface area contributed by atoms with E-state index in [9.17, 15) is 9.59 Å². The van der Waals surface area contributed by atoms with Gasteiger partial charge in [-0.15, -0.1) is 0 Å². The van der Waals surface area contributed by atoms with Gasteiger partial charge in [0, 0.05) is 19.0 Å². The number of alkyl carbamates (subject to hydrolysis) is 1. The Balaban J connectivity index is 1.65. The zero-order chi connectivity index (χ0) is 21.6. The number of nitrogens with zero attached hydrogens (tertiary/aromatic N) is 1. The first kappa shape index (κ1) is 21.7. The van der Waals surface area contributed by atoms with Crippen LogP contribution in [0.5, 0.6) is 0 Å². The van der Waals surface area contributed by atoms with Crippen LogP contribution >= 0.6 is 0 Å². The summed E-state index contributed by atoms with van der Waals surface area (Å²) >= 11 is 0. The summed E-state index contributed by atoms with van der Waals surface area (Å²) in [6, 6.07) is 19.3. The van der Waals surface area contributed by atoms with Crippen LogP contribution in [0.1, 0.15) is 44.2 Å². The Morgan fingerprint density at radius 2 is 1.63 bits per heavy atom. The van der Waals surface area contributed by atoms with Gasteiger partial charge >= 0.3 is 12.2 Å². The van der Waals surface area contributed by atoms with Crippen molar-refractivity contribution in [1.29, 1.82) is 0 Å². The van der Waals surface area contributed by atoms with Crippen LogP contribution in [0.4, 0.5) is 9.59 Å². The van der Waals surface area contributed by atoms with Crippen molar-refractivity contribution in [3.8, 4) is 0 Å². The van der Waals surface area contributed by atoms with Crippen LogP contribution in [0.2, 0.25) is 0 Å². The summed E-state index contributed by atoms with van der Waals surface area (Å²) in [4.78, 5) is 26.7. The van der Waals surface area contributed by atoms with Crippen molar-refractivity contribution in [2.45, 2.75) is 51.4 Å². The molecule has 1 saturated heterocycles. The third kappa shape index (κ3) is 6.51. The second kappa shape index (κ2) is 9.65. The molecule has 1 aliphatic rings. The van der Waals surface area contributed by atoms with Crippen molar-refractivity contribution >= 4 is 12.2 Å². The molecule has 160 valence electrons. The number of likely N-dealkylation sites (tertiary alicyclic amines) is 1. The quantitative estimate of drug-likeness (QED) is 0.793. The molecule has 2 atom stereocenters. The van der Waals surface area contributed by atoms with Crippen LogP contribution in [0, 0.1) is 0 Å². The van der Waals surface area contributed by atoms with E-state index in [0.717, 1.165) is 17.5 Å². The van der Waals surface area contributed by atoms with Gasteiger partial charge in [0.1, 0.15) is 12.2 Å². The Morgan fingerprint density at radius 1 is 1.00 bits per heavy atom. The molecule has 1 N–H and O–H groups in total. The fraction of sp³-hybridized carbons (Fsp3) is 0.417. The summed E-state index contributed by atoms with van der Waals surface area (Å²) in [5, 5.41) is 2.93. The number of amides is 2. The lowest BCUT2D eigenvalue weighted by Crippen LogP contribution is -2.53. The molecule has 3 rings (SSSR count). The lowest BCUT2D eigenvalue weighted by molar-refractivity contribution is 0.0162.